The summed E-state index contributed by atoms with van der Waals surface area (Å²) in [5.41, 5.74) is 2.27. The summed E-state index contributed by atoms with van der Waals surface area (Å²) in [6, 6.07) is 20.3. The summed E-state index contributed by atoms with van der Waals surface area (Å²) < 4.78 is 0. The highest BCUT2D eigenvalue weighted by Crippen LogP contribution is 2.19. The fourth-order valence-corrected chi connectivity index (χ4v) is 2.81. The molecular formula is C21H17N3O4. The molecule has 1 heterocycles. The average molecular weight is 375 g/mol. The normalized spacial score (nSPS) is 11.4. The van der Waals surface area contributed by atoms with Crippen LogP contribution >= 0.6 is 0 Å². The minimum Gasteiger partial charge on any atom is -0.480 e. The third-order valence-corrected chi connectivity index (χ3v) is 4.12. The summed E-state index contributed by atoms with van der Waals surface area (Å²) in [6.07, 6.45) is 1.17. The maximum atomic E-state index is 11.9. The number of aliphatic carboxylic acids is 1. The summed E-state index contributed by atoms with van der Waals surface area (Å²) in [6.45, 7) is 0. The molecule has 0 radical (unpaired) electrons. The Labute approximate surface area is 161 Å². The zero-order chi connectivity index (χ0) is 19.9. The Balaban J connectivity index is 2.06. The van der Waals surface area contributed by atoms with Gasteiger partial charge in [0.15, 0.2) is 6.04 Å². The molecule has 1 unspecified atom stereocenters. The number of rotatable bonds is 7. The minimum absolute atomic E-state index is 0.136. The van der Waals surface area contributed by atoms with Gasteiger partial charge in [-0.15, -0.1) is 0 Å². The number of aliphatic imine (C=N–C) groups is 1. The van der Waals surface area contributed by atoms with Gasteiger partial charge in [0, 0.05) is 17.5 Å². The zero-order valence-electron chi connectivity index (χ0n) is 14.8. The predicted octanol–water partition coefficient (Wildman–Crippen LogP) is 3.52. The van der Waals surface area contributed by atoms with Gasteiger partial charge in [0.2, 0.25) is 0 Å². The molecule has 0 saturated carbocycles. The topological polar surface area (TPSA) is 106 Å². The standard InChI is InChI=1S/C21H17N3O4/c25-21(26)18(14-17-12-7-13-22-20(17)24(27)28)23-19(15-8-3-1-4-9-15)16-10-5-2-6-11-16/h1-13,18H,14H2,(H,25,26). The first-order valence-electron chi connectivity index (χ1n) is 8.56. The molecule has 7 nitrogen and oxygen atoms in total. The summed E-state index contributed by atoms with van der Waals surface area (Å²) in [5.74, 6) is -1.52. The van der Waals surface area contributed by atoms with Gasteiger partial charge in [-0.25, -0.2) is 4.79 Å². The Hall–Kier alpha value is -3.87. The van der Waals surface area contributed by atoms with E-state index in [1.165, 1.54) is 12.3 Å². The summed E-state index contributed by atoms with van der Waals surface area (Å²) in [7, 11) is 0. The minimum atomic E-state index is -1.20. The molecule has 0 amide bonds. The molecule has 0 aliphatic heterocycles. The molecule has 1 N–H and O–H groups in total. The fourth-order valence-electron chi connectivity index (χ4n) is 2.81. The highest BCUT2D eigenvalue weighted by molar-refractivity contribution is 6.13. The van der Waals surface area contributed by atoms with Crippen molar-refractivity contribution in [2.75, 3.05) is 0 Å². The predicted molar refractivity (Wildman–Crippen MR) is 105 cm³/mol. The van der Waals surface area contributed by atoms with Crippen molar-refractivity contribution in [3.8, 4) is 0 Å². The van der Waals surface area contributed by atoms with Gasteiger partial charge in [-0.05, 0) is 22.0 Å². The second kappa shape index (κ2) is 8.68. The fraction of sp³-hybridized carbons (Fsp3) is 0.0952. The van der Waals surface area contributed by atoms with Crippen molar-refractivity contribution in [3.05, 3.63) is 106 Å². The van der Waals surface area contributed by atoms with Crippen molar-refractivity contribution < 1.29 is 14.8 Å². The number of carboxylic acids is 1. The quantitative estimate of drug-likeness (QED) is 0.386. The van der Waals surface area contributed by atoms with Crippen LogP contribution in [0, 0.1) is 10.1 Å². The zero-order valence-corrected chi connectivity index (χ0v) is 14.8. The maximum Gasteiger partial charge on any atom is 0.366 e. The van der Waals surface area contributed by atoms with Crippen LogP contribution in [-0.4, -0.2) is 32.7 Å². The molecule has 0 aliphatic carbocycles. The molecule has 28 heavy (non-hydrogen) atoms. The lowest BCUT2D eigenvalue weighted by atomic mass is 10.0. The van der Waals surface area contributed by atoms with Gasteiger partial charge in [-0.1, -0.05) is 60.7 Å². The molecular weight excluding hydrogens is 358 g/mol. The van der Waals surface area contributed by atoms with Crippen molar-refractivity contribution >= 4 is 17.5 Å². The van der Waals surface area contributed by atoms with Crippen LogP contribution in [0.2, 0.25) is 0 Å². The lowest BCUT2D eigenvalue weighted by Crippen LogP contribution is -2.24. The van der Waals surface area contributed by atoms with Crippen LogP contribution in [0.25, 0.3) is 0 Å². The molecule has 0 fully saturated rings. The van der Waals surface area contributed by atoms with Crippen LogP contribution in [0.4, 0.5) is 5.82 Å². The number of carboxylic acid groups (broad SMARTS) is 1. The van der Waals surface area contributed by atoms with Crippen LogP contribution in [0.1, 0.15) is 16.7 Å². The maximum absolute atomic E-state index is 11.9. The largest absolute Gasteiger partial charge is 0.480 e. The molecule has 3 rings (SSSR count). The summed E-state index contributed by atoms with van der Waals surface area (Å²) >= 11 is 0. The lowest BCUT2D eigenvalue weighted by molar-refractivity contribution is -0.390. The van der Waals surface area contributed by atoms with Gasteiger partial charge < -0.3 is 15.2 Å². The van der Waals surface area contributed by atoms with E-state index in [1.54, 1.807) is 6.07 Å². The molecule has 7 heteroatoms. The molecule has 2 aromatic carbocycles. The van der Waals surface area contributed by atoms with Crippen LogP contribution in [0.15, 0.2) is 84.0 Å². The van der Waals surface area contributed by atoms with E-state index in [-0.39, 0.29) is 17.8 Å². The van der Waals surface area contributed by atoms with E-state index in [0.717, 1.165) is 11.1 Å². The van der Waals surface area contributed by atoms with Crippen molar-refractivity contribution in [1.82, 2.24) is 4.98 Å². The third kappa shape index (κ3) is 4.45. The van der Waals surface area contributed by atoms with Crippen molar-refractivity contribution in [3.63, 3.8) is 0 Å². The van der Waals surface area contributed by atoms with E-state index in [2.05, 4.69) is 9.98 Å². The van der Waals surface area contributed by atoms with E-state index < -0.39 is 16.9 Å². The second-order valence-corrected chi connectivity index (χ2v) is 6.01. The smallest absolute Gasteiger partial charge is 0.366 e. The average Bonchev–Trinajstić information content (AvgIpc) is 2.72. The number of pyridine rings is 1. The number of nitrogens with zero attached hydrogens (tertiary/aromatic N) is 3. The van der Waals surface area contributed by atoms with Gasteiger partial charge in [0.1, 0.15) is 6.20 Å². The first-order chi connectivity index (χ1) is 13.6. The van der Waals surface area contributed by atoms with Crippen LogP contribution in [0.5, 0.6) is 0 Å². The molecule has 0 bridgehead atoms. The van der Waals surface area contributed by atoms with Gasteiger partial charge in [0.05, 0.1) is 11.3 Å². The van der Waals surface area contributed by atoms with E-state index in [0.29, 0.717) is 5.71 Å². The number of hydrogen-bond donors (Lipinski definition) is 1. The molecule has 0 spiro atoms. The number of carbonyl (C=O) groups is 1. The Morgan fingerprint density at radius 3 is 2.07 bits per heavy atom. The van der Waals surface area contributed by atoms with Crippen LogP contribution in [0.3, 0.4) is 0 Å². The molecule has 1 atom stereocenters. The number of hydrogen-bond acceptors (Lipinski definition) is 5. The highest BCUT2D eigenvalue weighted by Gasteiger charge is 2.24. The molecule has 0 saturated heterocycles. The molecule has 140 valence electrons. The van der Waals surface area contributed by atoms with Crippen LogP contribution in [-0.2, 0) is 11.2 Å². The van der Waals surface area contributed by atoms with Gasteiger partial charge in [-0.2, -0.15) is 0 Å². The Kier molecular flexibility index (Phi) is 5.86. The molecule has 1 aromatic heterocycles. The molecule has 3 aromatic rings. The highest BCUT2D eigenvalue weighted by atomic mass is 16.6. The summed E-state index contributed by atoms with van der Waals surface area (Å²) in [5, 5.41) is 20.9. The van der Waals surface area contributed by atoms with Gasteiger partial charge in [0.25, 0.3) is 0 Å². The first-order valence-corrected chi connectivity index (χ1v) is 8.56. The van der Waals surface area contributed by atoms with E-state index in [9.17, 15) is 20.0 Å². The number of benzene rings is 2. The van der Waals surface area contributed by atoms with Crippen molar-refractivity contribution in [2.45, 2.75) is 12.5 Å². The Morgan fingerprint density at radius 2 is 1.57 bits per heavy atom. The van der Waals surface area contributed by atoms with Crippen LogP contribution < -0.4 is 0 Å². The van der Waals surface area contributed by atoms with Crippen molar-refractivity contribution in [2.24, 2.45) is 4.99 Å². The lowest BCUT2D eigenvalue weighted by Gasteiger charge is -2.13. The third-order valence-electron chi connectivity index (χ3n) is 4.12. The monoisotopic (exact) mass is 375 g/mol. The second-order valence-electron chi connectivity index (χ2n) is 6.01. The number of nitro groups is 1. The Morgan fingerprint density at radius 1 is 1.00 bits per heavy atom. The molecule has 0 aliphatic rings. The summed E-state index contributed by atoms with van der Waals surface area (Å²) in [4.78, 5) is 30.7. The van der Waals surface area contributed by atoms with Crippen molar-refractivity contribution in [1.29, 1.82) is 0 Å². The van der Waals surface area contributed by atoms with E-state index in [1.807, 2.05) is 60.7 Å². The number of aromatic nitrogens is 1. The van der Waals surface area contributed by atoms with Gasteiger partial charge in [-0.3, -0.25) is 4.99 Å². The van der Waals surface area contributed by atoms with Gasteiger partial charge >= 0.3 is 11.8 Å². The Bertz CT molecular complexity index is 963. The van der Waals surface area contributed by atoms with E-state index >= 15 is 0 Å². The SMILES string of the molecule is O=C(O)C(Cc1cccnc1[N+](=O)[O-])N=C(c1ccccc1)c1ccccc1. The first kappa shape index (κ1) is 18.9. The van der Waals surface area contributed by atoms with E-state index in [4.69, 9.17) is 0 Å².